The lowest BCUT2D eigenvalue weighted by Gasteiger charge is -2.02. The van der Waals surface area contributed by atoms with E-state index in [0.717, 1.165) is 18.0 Å². The number of halogens is 2. The van der Waals surface area contributed by atoms with Gasteiger partial charge in [0.15, 0.2) is 0 Å². The van der Waals surface area contributed by atoms with Crippen LogP contribution in [0.2, 0.25) is 10.3 Å². The molecule has 2 rings (SSSR count). The Morgan fingerprint density at radius 3 is 2.47 bits per heavy atom. The van der Waals surface area contributed by atoms with Crippen LogP contribution in [0.25, 0.3) is 0 Å². The lowest BCUT2D eigenvalue weighted by atomic mass is 10.1. The topological polar surface area (TPSA) is 30.7 Å². The fourth-order valence-electron chi connectivity index (χ4n) is 1.29. The number of benzene rings is 1. The summed E-state index contributed by atoms with van der Waals surface area (Å²) >= 11 is 11.6. The van der Waals surface area contributed by atoms with Gasteiger partial charge in [0.2, 0.25) is 5.28 Å². The number of hydrogen-bond donors (Lipinski definition) is 0. The van der Waals surface area contributed by atoms with E-state index >= 15 is 0 Å². The Labute approximate surface area is 97.7 Å². The quantitative estimate of drug-likeness (QED) is 0.828. The maximum Gasteiger partial charge on any atom is 0.224 e. The minimum atomic E-state index is 0.420. The zero-order valence-electron chi connectivity index (χ0n) is 7.90. The lowest BCUT2D eigenvalue weighted by Crippen LogP contribution is -1.99. The van der Waals surface area contributed by atoms with Gasteiger partial charge in [-0.15, -0.1) is 10.2 Å². The van der Waals surface area contributed by atoms with Crippen molar-refractivity contribution in [3.05, 3.63) is 46.5 Å². The highest BCUT2D eigenvalue weighted by molar-refractivity contribution is 6.30. The van der Waals surface area contributed by atoms with Crippen molar-refractivity contribution in [2.45, 2.75) is 13.0 Å². The Balaban J connectivity index is 1.99. The molecule has 1 aromatic heterocycles. The van der Waals surface area contributed by atoms with Crippen molar-refractivity contribution < 1.29 is 0 Å². The fourth-order valence-corrected chi connectivity index (χ4v) is 1.59. The van der Waals surface area contributed by atoms with Crippen LogP contribution in [0.4, 0.5) is 0 Å². The molecule has 1 heterocycles. The van der Waals surface area contributed by atoms with Gasteiger partial charge in [-0.1, -0.05) is 23.7 Å². The molecule has 3 nitrogen and oxygen atoms in total. The van der Waals surface area contributed by atoms with Crippen molar-refractivity contribution in [1.82, 2.24) is 14.8 Å². The summed E-state index contributed by atoms with van der Waals surface area (Å²) in [4.78, 5) is 0. The van der Waals surface area contributed by atoms with E-state index in [2.05, 4.69) is 10.2 Å². The standard InChI is InChI=1S/C10H9Cl2N3/c11-9-3-1-8(2-4-9)5-6-15-7-13-14-10(15)12/h1-4,7H,5-6H2. The van der Waals surface area contributed by atoms with E-state index in [9.17, 15) is 0 Å². The second-order valence-electron chi connectivity index (χ2n) is 3.17. The zero-order chi connectivity index (χ0) is 10.7. The van der Waals surface area contributed by atoms with Gasteiger partial charge in [-0.3, -0.25) is 0 Å². The molecular formula is C10H9Cl2N3. The molecule has 0 saturated carbocycles. The van der Waals surface area contributed by atoms with Gasteiger partial charge in [0.25, 0.3) is 0 Å². The summed E-state index contributed by atoms with van der Waals surface area (Å²) in [7, 11) is 0. The smallest absolute Gasteiger partial charge is 0.224 e. The Hall–Kier alpha value is -1.06. The van der Waals surface area contributed by atoms with Crippen LogP contribution in [0.15, 0.2) is 30.6 Å². The molecule has 78 valence electrons. The first-order valence-corrected chi connectivity index (χ1v) is 5.29. The van der Waals surface area contributed by atoms with Crippen LogP contribution in [0, 0.1) is 0 Å². The van der Waals surface area contributed by atoms with Gasteiger partial charge in [0.1, 0.15) is 6.33 Å². The molecule has 0 radical (unpaired) electrons. The molecule has 0 N–H and O–H groups in total. The number of rotatable bonds is 3. The molecular weight excluding hydrogens is 233 g/mol. The Morgan fingerprint density at radius 2 is 1.87 bits per heavy atom. The number of nitrogens with zero attached hydrogens (tertiary/aromatic N) is 3. The molecule has 2 aromatic rings. The molecule has 0 fully saturated rings. The first kappa shape index (κ1) is 10.5. The predicted octanol–water partition coefficient (Wildman–Crippen LogP) is 2.83. The van der Waals surface area contributed by atoms with Crippen LogP contribution in [-0.2, 0) is 13.0 Å². The summed E-state index contributed by atoms with van der Waals surface area (Å²) in [6.45, 7) is 0.771. The minimum Gasteiger partial charge on any atom is -0.304 e. The second-order valence-corrected chi connectivity index (χ2v) is 3.94. The first-order chi connectivity index (χ1) is 7.25. The summed E-state index contributed by atoms with van der Waals surface area (Å²) in [6, 6.07) is 7.76. The van der Waals surface area contributed by atoms with E-state index in [0.29, 0.717) is 5.28 Å². The third kappa shape index (κ3) is 2.70. The minimum absolute atomic E-state index is 0.420. The Kier molecular flexibility index (Phi) is 3.23. The van der Waals surface area contributed by atoms with Crippen molar-refractivity contribution in [2.24, 2.45) is 0 Å². The molecule has 0 unspecified atom stereocenters. The van der Waals surface area contributed by atoms with E-state index in [1.807, 2.05) is 24.3 Å². The average Bonchev–Trinajstić information content (AvgIpc) is 2.63. The Bertz CT molecular complexity index is 436. The molecule has 0 spiro atoms. The molecule has 0 saturated heterocycles. The molecule has 0 aliphatic rings. The summed E-state index contributed by atoms with van der Waals surface area (Å²) < 4.78 is 1.80. The maximum atomic E-state index is 5.80. The van der Waals surface area contributed by atoms with Crippen LogP contribution < -0.4 is 0 Å². The van der Waals surface area contributed by atoms with Crippen molar-refractivity contribution in [3.8, 4) is 0 Å². The molecule has 0 bridgehead atoms. The predicted molar refractivity (Wildman–Crippen MR) is 60.2 cm³/mol. The highest BCUT2D eigenvalue weighted by Crippen LogP contribution is 2.11. The average molecular weight is 242 g/mol. The highest BCUT2D eigenvalue weighted by Gasteiger charge is 2.00. The van der Waals surface area contributed by atoms with Crippen molar-refractivity contribution in [1.29, 1.82) is 0 Å². The van der Waals surface area contributed by atoms with Crippen molar-refractivity contribution >= 4 is 23.2 Å². The summed E-state index contributed by atoms with van der Waals surface area (Å²) in [6.07, 6.45) is 2.51. The van der Waals surface area contributed by atoms with Crippen LogP contribution in [-0.4, -0.2) is 14.8 Å². The number of aryl methyl sites for hydroxylation is 2. The third-order valence-corrected chi connectivity index (χ3v) is 2.67. The molecule has 0 aliphatic heterocycles. The van der Waals surface area contributed by atoms with Gasteiger partial charge in [-0.05, 0) is 35.7 Å². The Morgan fingerprint density at radius 1 is 1.13 bits per heavy atom. The van der Waals surface area contributed by atoms with Gasteiger partial charge < -0.3 is 4.57 Å². The van der Waals surface area contributed by atoms with Gasteiger partial charge in [0.05, 0.1) is 0 Å². The van der Waals surface area contributed by atoms with Gasteiger partial charge in [0, 0.05) is 11.6 Å². The van der Waals surface area contributed by atoms with E-state index in [4.69, 9.17) is 23.2 Å². The van der Waals surface area contributed by atoms with Crippen molar-refractivity contribution in [2.75, 3.05) is 0 Å². The summed E-state index contributed by atoms with van der Waals surface area (Å²) in [5, 5.41) is 8.58. The van der Waals surface area contributed by atoms with Crippen LogP contribution in [0.5, 0.6) is 0 Å². The SMILES string of the molecule is Clc1ccc(CCn2cnnc2Cl)cc1. The van der Waals surface area contributed by atoms with Gasteiger partial charge >= 0.3 is 0 Å². The summed E-state index contributed by atoms with van der Waals surface area (Å²) in [5.74, 6) is 0. The third-order valence-electron chi connectivity index (χ3n) is 2.12. The van der Waals surface area contributed by atoms with Crippen molar-refractivity contribution in [3.63, 3.8) is 0 Å². The maximum absolute atomic E-state index is 5.80. The van der Waals surface area contributed by atoms with Crippen LogP contribution in [0.1, 0.15) is 5.56 Å². The monoisotopic (exact) mass is 241 g/mol. The van der Waals surface area contributed by atoms with Gasteiger partial charge in [-0.25, -0.2) is 0 Å². The van der Waals surface area contributed by atoms with E-state index in [1.54, 1.807) is 10.9 Å². The first-order valence-electron chi connectivity index (χ1n) is 4.53. The lowest BCUT2D eigenvalue weighted by molar-refractivity contribution is 0.694. The van der Waals surface area contributed by atoms with E-state index in [1.165, 1.54) is 5.56 Å². The molecule has 0 aliphatic carbocycles. The van der Waals surface area contributed by atoms with Crippen LogP contribution >= 0.6 is 23.2 Å². The molecule has 1 aromatic carbocycles. The highest BCUT2D eigenvalue weighted by atomic mass is 35.5. The second kappa shape index (κ2) is 4.64. The molecule has 5 heteroatoms. The van der Waals surface area contributed by atoms with E-state index in [-0.39, 0.29) is 0 Å². The van der Waals surface area contributed by atoms with Crippen LogP contribution in [0.3, 0.4) is 0 Å². The normalized spacial score (nSPS) is 10.5. The van der Waals surface area contributed by atoms with Gasteiger partial charge in [-0.2, -0.15) is 0 Å². The summed E-state index contributed by atoms with van der Waals surface area (Å²) in [5.41, 5.74) is 1.21. The molecule has 0 atom stereocenters. The zero-order valence-corrected chi connectivity index (χ0v) is 9.41. The molecule has 0 amide bonds. The largest absolute Gasteiger partial charge is 0.304 e. The molecule has 15 heavy (non-hydrogen) atoms. The number of hydrogen-bond acceptors (Lipinski definition) is 2. The number of aromatic nitrogens is 3. The van der Waals surface area contributed by atoms with E-state index < -0.39 is 0 Å². The fraction of sp³-hybridized carbons (Fsp3) is 0.200.